The van der Waals surface area contributed by atoms with Crippen molar-refractivity contribution in [2.45, 2.75) is 18.9 Å². The van der Waals surface area contributed by atoms with Gasteiger partial charge in [0.25, 0.3) is 5.91 Å². The van der Waals surface area contributed by atoms with Crippen LogP contribution in [0.25, 0.3) is 10.9 Å². The lowest BCUT2D eigenvalue weighted by molar-refractivity contribution is -0.123. The van der Waals surface area contributed by atoms with Gasteiger partial charge in [-0.3, -0.25) is 9.78 Å². The standard InChI is InChI=1S/C16H18N2O3/c19-16(18-10-14-4-2-8-20-14)11-21-13-5-6-15-12(9-13)3-1-7-17-15/h1,3,5-7,9,14H,2,4,8,10-11H2,(H,18,19). The predicted molar refractivity (Wildman–Crippen MR) is 79.2 cm³/mol. The van der Waals surface area contributed by atoms with Crippen LogP contribution in [0.15, 0.2) is 36.5 Å². The van der Waals surface area contributed by atoms with E-state index in [1.54, 1.807) is 6.20 Å². The summed E-state index contributed by atoms with van der Waals surface area (Å²) in [4.78, 5) is 16.0. The normalized spacial score (nSPS) is 17.8. The zero-order valence-electron chi connectivity index (χ0n) is 11.7. The third kappa shape index (κ3) is 3.70. The zero-order chi connectivity index (χ0) is 14.5. The van der Waals surface area contributed by atoms with Gasteiger partial charge in [0.15, 0.2) is 6.61 Å². The minimum Gasteiger partial charge on any atom is -0.484 e. The summed E-state index contributed by atoms with van der Waals surface area (Å²) in [6, 6.07) is 9.43. The number of amides is 1. The van der Waals surface area contributed by atoms with Gasteiger partial charge >= 0.3 is 0 Å². The summed E-state index contributed by atoms with van der Waals surface area (Å²) in [5, 5.41) is 3.83. The van der Waals surface area contributed by atoms with Crippen LogP contribution in [-0.4, -0.2) is 36.8 Å². The van der Waals surface area contributed by atoms with Gasteiger partial charge in [0.05, 0.1) is 11.6 Å². The Labute approximate surface area is 123 Å². The maximum absolute atomic E-state index is 11.7. The molecule has 1 aromatic heterocycles. The lowest BCUT2D eigenvalue weighted by Crippen LogP contribution is -2.35. The molecule has 1 saturated heterocycles. The fourth-order valence-electron chi connectivity index (χ4n) is 2.38. The Kier molecular flexibility index (Phi) is 4.31. The predicted octanol–water partition coefficient (Wildman–Crippen LogP) is 1.91. The third-order valence-corrected chi connectivity index (χ3v) is 3.50. The van der Waals surface area contributed by atoms with Crippen molar-refractivity contribution in [1.82, 2.24) is 10.3 Å². The van der Waals surface area contributed by atoms with Crippen LogP contribution in [0.2, 0.25) is 0 Å². The van der Waals surface area contributed by atoms with Crippen molar-refractivity contribution < 1.29 is 14.3 Å². The number of hydrogen-bond donors (Lipinski definition) is 1. The summed E-state index contributed by atoms with van der Waals surface area (Å²) >= 11 is 0. The van der Waals surface area contributed by atoms with Crippen LogP contribution in [0.5, 0.6) is 5.75 Å². The highest BCUT2D eigenvalue weighted by molar-refractivity contribution is 5.80. The molecule has 1 aliphatic heterocycles. The quantitative estimate of drug-likeness (QED) is 0.912. The summed E-state index contributed by atoms with van der Waals surface area (Å²) in [6.07, 6.45) is 3.99. The van der Waals surface area contributed by atoms with Gasteiger partial charge in [0.1, 0.15) is 5.75 Å². The number of rotatable bonds is 5. The molecule has 5 nitrogen and oxygen atoms in total. The van der Waals surface area contributed by atoms with Crippen molar-refractivity contribution in [2.24, 2.45) is 0 Å². The van der Waals surface area contributed by atoms with Crippen molar-refractivity contribution in [2.75, 3.05) is 19.8 Å². The van der Waals surface area contributed by atoms with Gasteiger partial charge in [-0.15, -0.1) is 0 Å². The Morgan fingerprint density at radius 2 is 2.38 bits per heavy atom. The average molecular weight is 286 g/mol. The van der Waals surface area contributed by atoms with Crippen molar-refractivity contribution >= 4 is 16.8 Å². The second-order valence-electron chi connectivity index (χ2n) is 5.09. The first-order valence-corrected chi connectivity index (χ1v) is 7.17. The van der Waals surface area contributed by atoms with E-state index in [1.807, 2.05) is 30.3 Å². The van der Waals surface area contributed by atoms with E-state index in [9.17, 15) is 4.79 Å². The molecule has 1 unspecified atom stereocenters. The molecule has 0 saturated carbocycles. The molecule has 5 heteroatoms. The van der Waals surface area contributed by atoms with Crippen molar-refractivity contribution in [3.8, 4) is 5.75 Å². The molecule has 1 aromatic carbocycles. The smallest absolute Gasteiger partial charge is 0.258 e. The van der Waals surface area contributed by atoms with E-state index in [0.717, 1.165) is 30.4 Å². The molecule has 21 heavy (non-hydrogen) atoms. The number of carbonyl (C=O) groups excluding carboxylic acids is 1. The van der Waals surface area contributed by atoms with Crippen molar-refractivity contribution in [3.63, 3.8) is 0 Å². The molecule has 3 rings (SSSR count). The van der Waals surface area contributed by atoms with Crippen LogP contribution in [0.3, 0.4) is 0 Å². The number of pyridine rings is 1. The number of fused-ring (bicyclic) bond motifs is 1. The number of hydrogen-bond acceptors (Lipinski definition) is 4. The summed E-state index contributed by atoms with van der Waals surface area (Å²) in [7, 11) is 0. The van der Waals surface area contributed by atoms with Gasteiger partial charge in [-0.2, -0.15) is 0 Å². The summed E-state index contributed by atoms with van der Waals surface area (Å²) in [5.74, 6) is 0.541. The average Bonchev–Trinajstić information content (AvgIpc) is 3.04. The van der Waals surface area contributed by atoms with Gasteiger partial charge in [-0.1, -0.05) is 6.07 Å². The van der Waals surface area contributed by atoms with Crippen LogP contribution >= 0.6 is 0 Å². The number of nitrogens with one attached hydrogen (secondary N) is 1. The molecule has 1 aliphatic rings. The lowest BCUT2D eigenvalue weighted by Gasteiger charge is -2.11. The van der Waals surface area contributed by atoms with E-state index < -0.39 is 0 Å². The molecule has 1 amide bonds. The minimum atomic E-state index is -0.128. The summed E-state index contributed by atoms with van der Waals surface area (Å²) in [5.41, 5.74) is 0.910. The van der Waals surface area contributed by atoms with Crippen LogP contribution in [0.1, 0.15) is 12.8 Å². The van der Waals surface area contributed by atoms with Gasteiger partial charge in [-0.25, -0.2) is 0 Å². The summed E-state index contributed by atoms with van der Waals surface area (Å²) < 4.78 is 11.0. The van der Waals surface area contributed by atoms with Crippen LogP contribution in [0, 0.1) is 0 Å². The number of carbonyl (C=O) groups is 1. The number of aromatic nitrogens is 1. The second-order valence-corrected chi connectivity index (χ2v) is 5.09. The molecule has 0 aliphatic carbocycles. The highest BCUT2D eigenvalue weighted by Crippen LogP contribution is 2.18. The van der Waals surface area contributed by atoms with Gasteiger partial charge in [-0.05, 0) is 37.1 Å². The molecule has 2 aromatic rings. The maximum atomic E-state index is 11.7. The Bertz CT molecular complexity index is 624. The summed E-state index contributed by atoms with van der Waals surface area (Å²) in [6.45, 7) is 1.37. The third-order valence-electron chi connectivity index (χ3n) is 3.50. The molecule has 1 N–H and O–H groups in total. The Morgan fingerprint density at radius 1 is 1.43 bits per heavy atom. The van der Waals surface area contributed by atoms with E-state index >= 15 is 0 Å². The highest BCUT2D eigenvalue weighted by Gasteiger charge is 2.16. The van der Waals surface area contributed by atoms with E-state index in [4.69, 9.17) is 9.47 Å². The zero-order valence-corrected chi connectivity index (χ0v) is 11.7. The molecule has 1 fully saturated rings. The largest absolute Gasteiger partial charge is 0.484 e. The SMILES string of the molecule is O=C(COc1ccc2ncccc2c1)NCC1CCCO1. The van der Waals surface area contributed by atoms with E-state index in [1.165, 1.54) is 0 Å². The first-order valence-electron chi connectivity index (χ1n) is 7.17. The Morgan fingerprint density at radius 3 is 3.24 bits per heavy atom. The Hall–Kier alpha value is -2.14. The van der Waals surface area contributed by atoms with E-state index in [-0.39, 0.29) is 18.6 Å². The van der Waals surface area contributed by atoms with Crippen molar-refractivity contribution in [1.29, 1.82) is 0 Å². The molecule has 0 radical (unpaired) electrons. The molecular formula is C16H18N2O3. The number of nitrogens with zero attached hydrogens (tertiary/aromatic N) is 1. The van der Waals surface area contributed by atoms with Crippen LogP contribution < -0.4 is 10.1 Å². The molecule has 0 spiro atoms. The lowest BCUT2D eigenvalue weighted by atomic mass is 10.2. The Balaban J connectivity index is 1.49. The molecular weight excluding hydrogens is 268 g/mol. The van der Waals surface area contributed by atoms with E-state index in [0.29, 0.717) is 12.3 Å². The first kappa shape index (κ1) is 13.8. The fourth-order valence-corrected chi connectivity index (χ4v) is 2.38. The van der Waals surface area contributed by atoms with Gasteiger partial charge in [0.2, 0.25) is 0 Å². The number of ether oxygens (including phenoxy) is 2. The van der Waals surface area contributed by atoms with Gasteiger partial charge in [0, 0.05) is 24.7 Å². The monoisotopic (exact) mass is 286 g/mol. The first-order chi connectivity index (χ1) is 10.3. The molecule has 2 heterocycles. The maximum Gasteiger partial charge on any atom is 0.258 e. The molecule has 0 bridgehead atoms. The topological polar surface area (TPSA) is 60.5 Å². The fraction of sp³-hybridized carbons (Fsp3) is 0.375. The number of benzene rings is 1. The second kappa shape index (κ2) is 6.54. The van der Waals surface area contributed by atoms with E-state index in [2.05, 4.69) is 10.3 Å². The van der Waals surface area contributed by atoms with Gasteiger partial charge < -0.3 is 14.8 Å². The van der Waals surface area contributed by atoms with Crippen molar-refractivity contribution in [3.05, 3.63) is 36.5 Å². The minimum absolute atomic E-state index is 0.0124. The molecule has 110 valence electrons. The van der Waals surface area contributed by atoms with Crippen LogP contribution in [-0.2, 0) is 9.53 Å². The molecule has 1 atom stereocenters. The van der Waals surface area contributed by atoms with Crippen LogP contribution in [0.4, 0.5) is 0 Å². The highest BCUT2D eigenvalue weighted by atomic mass is 16.5.